The highest BCUT2D eigenvalue weighted by atomic mass is 16.6. The molecule has 1 aromatic heterocycles. The average molecular weight is 506 g/mol. The second-order valence-corrected chi connectivity index (χ2v) is 8.55. The second kappa shape index (κ2) is 13.6. The number of hydrogen-bond acceptors (Lipinski definition) is 7. The van der Waals surface area contributed by atoms with E-state index in [9.17, 15) is 9.59 Å². The van der Waals surface area contributed by atoms with Gasteiger partial charge in [0, 0.05) is 25.2 Å². The van der Waals surface area contributed by atoms with Gasteiger partial charge in [-0.25, -0.2) is 14.8 Å². The first kappa shape index (κ1) is 26.4. The average Bonchev–Trinajstić information content (AvgIpc) is 3.42. The van der Waals surface area contributed by atoms with Crippen molar-refractivity contribution in [3.05, 3.63) is 84.7 Å². The molecule has 1 aliphatic rings. The normalized spacial score (nSPS) is 13.8. The van der Waals surface area contributed by atoms with E-state index in [0.29, 0.717) is 31.9 Å². The lowest BCUT2D eigenvalue weighted by Gasteiger charge is -2.37. The summed E-state index contributed by atoms with van der Waals surface area (Å²) in [6.07, 6.45) is 3.50. The van der Waals surface area contributed by atoms with Gasteiger partial charge in [0.15, 0.2) is 5.76 Å². The van der Waals surface area contributed by atoms with Crippen LogP contribution in [0.4, 0.5) is 10.5 Å². The number of carbonyl (C=O) groups excluding carboxylic acids is 2. The molecule has 2 amide bonds. The number of aliphatic hydroxyl groups excluding tert-OH is 1. The summed E-state index contributed by atoms with van der Waals surface area (Å²) in [5, 5.41) is 18.2. The third-order valence-corrected chi connectivity index (χ3v) is 5.94. The molecule has 0 atom stereocenters. The Hall–Kier alpha value is -3.66. The van der Waals surface area contributed by atoms with Crippen molar-refractivity contribution in [1.82, 2.24) is 15.6 Å². The molecule has 3 N–H and O–H groups in total. The molecule has 195 valence electrons. The Kier molecular flexibility index (Phi) is 9.70. The summed E-state index contributed by atoms with van der Waals surface area (Å²) < 4.78 is 11.1. The summed E-state index contributed by atoms with van der Waals surface area (Å²) in [5.74, 6) is 0.383. The molecule has 0 spiro atoms. The quantitative estimate of drug-likeness (QED) is 0.342. The molecule has 4 rings (SSSR count). The van der Waals surface area contributed by atoms with Crippen LogP contribution >= 0.6 is 0 Å². The summed E-state index contributed by atoms with van der Waals surface area (Å²) in [6.45, 7) is 2.46. The molecular weight excluding hydrogens is 472 g/mol. The van der Waals surface area contributed by atoms with Gasteiger partial charge in [-0.15, -0.1) is 0 Å². The third-order valence-electron chi connectivity index (χ3n) is 5.94. The van der Waals surface area contributed by atoms with Crippen LogP contribution in [0.25, 0.3) is 11.1 Å². The van der Waals surface area contributed by atoms with Gasteiger partial charge in [0.25, 0.3) is 5.91 Å². The van der Waals surface area contributed by atoms with Gasteiger partial charge in [-0.1, -0.05) is 48.5 Å². The molecule has 9 heteroatoms. The smallest absolute Gasteiger partial charge is 0.429 e. The summed E-state index contributed by atoms with van der Waals surface area (Å²) in [4.78, 5) is 25.8. The Morgan fingerprint density at radius 2 is 1.73 bits per heavy atom. The van der Waals surface area contributed by atoms with Crippen molar-refractivity contribution >= 4 is 17.7 Å². The van der Waals surface area contributed by atoms with Crippen LogP contribution in [0.2, 0.25) is 0 Å². The standard InChI is InChI=1S/C28H33N4O5/c33-19-15-29-21-23-13-14-26(37-23)27(34)30-16-20-36-28(35)32(31-17-7-2-8-18-31)25-12-6-5-11-24(25)22-9-3-1-4-10-22/h1-6,9-14,29,33H,7-8,15-21H2,(H,30,34). The van der Waals surface area contributed by atoms with Crippen LogP contribution in [0, 0.1) is 6.42 Å². The van der Waals surface area contributed by atoms with E-state index in [1.807, 2.05) is 59.6 Å². The number of nitrogens with one attached hydrogen (secondary N) is 2. The molecule has 1 saturated heterocycles. The number of nitrogens with zero attached hydrogens (tertiary/aromatic N) is 2. The molecule has 1 fully saturated rings. The van der Waals surface area contributed by atoms with Crippen molar-refractivity contribution in [2.45, 2.75) is 19.4 Å². The minimum atomic E-state index is -0.491. The molecule has 0 saturated carbocycles. The van der Waals surface area contributed by atoms with Crippen molar-refractivity contribution in [1.29, 1.82) is 0 Å². The lowest BCUT2D eigenvalue weighted by atomic mass is 10.0. The third kappa shape index (κ3) is 7.19. The van der Waals surface area contributed by atoms with Crippen LogP contribution in [0.3, 0.4) is 0 Å². The predicted octanol–water partition coefficient (Wildman–Crippen LogP) is 3.62. The molecule has 3 aromatic rings. The Labute approximate surface area is 217 Å². The van der Waals surface area contributed by atoms with E-state index in [-0.39, 0.29) is 31.4 Å². The molecule has 2 heterocycles. The van der Waals surface area contributed by atoms with E-state index in [1.165, 1.54) is 0 Å². The lowest BCUT2D eigenvalue weighted by Crippen LogP contribution is -2.50. The van der Waals surface area contributed by atoms with Crippen LogP contribution in [-0.4, -0.2) is 61.5 Å². The van der Waals surface area contributed by atoms with E-state index in [0.717, 1.165) is 29.7 Å². The molecular formula is C28H33N4O5. The zero-order valence-corrected chi connectivity index (χ0v) is 20.8. The van der Waals surface area contributed by atoms with Gasteiger partial charge in [-0.2, -0.15) is 0 Å². The van der Waals surface area contributed by atoms with Gasteiger partial charge in [0.1, 0.15) is 12.4 Å². The fourth-order valence-corrected chi connectivity index (χ4v) is 4.16. The molecule has 0 bridgehead atoms. The zero-order valence-electron chi connectivity index (χ0n) is 20.8. The van der Waals surface area contributed by atoms with Crippen molar-refractivity contribution in [3.63, 3.8) is 0 Å². The number of hydrogen-bond donors (Lipinski definition) is 3. The number of amides is 2. The number of aliphatic hydroxyl groups is 1. The number of carbonyl (C=O) groups is 2. The number of furan rings is 1. The fourth-order valence-electron chi connectivity index (χ4n) is 4.16. The van der Waals surface area contributed by atoms with Crippen LogP contribution < -0.4 is 15.6 Å². The zero-order chi connectivity index (χ0) is 25.9. The van der Waals surface area contributed by atoms with Crippen molar-refractivity contribution in [2.75, 3.05) is 44.4 Å². The van der Waals surface area contributed by atoms with Gasteiger partial charge >= 0.3 is 6.09 Å². The fraction of sp³-hybridized carbons (Fsp3) is 0.321. The van der Waals surface area contributed by atoms with E-state index < -0.39 is 6.09 Å². The largest absolute Gasteiger partial charge is 0.455 e. The van der Waals surface area contributed by atoms with Crippen molar-refractivity contribution in [2.24, 2.45) is 0 Å². The highest BCUT2D eigenvalue weighted by Gasteiger charge is 2.28. The first-order valence-corrected chi connectivity index (χ1v) is 12.5. The number of para-hydroxylation sites is 1. The Bertz CT molecular complexity index is 1140. The molecule has 0 aliphatic carbocycles. The summed E-state index contributed by atoms with van der Waals surface area (Å²) >= 11 is 0. The summed E-state index contributed by atoms with van der Waals surface area (Å²) in [6, 6.07) is 21.0. The van der Waals surface area contributed by atoms with Gasteiger partial charge in [0.05, 0.1) is 25.4 Å². The molecule has 1 radical (unpaired) electrons. The lowest BCUT2D eigenvalue weighted by molar-refractivity contribution is 0.0899. The molecule has 1 aliphatic heterocycles. The van der Waals surface area contributed by atoms with E-state index in [4.69, 9.17) is 14.3 Å². The first-order chi connectivity index (χ1) is 18.2. The molecule has 2 aromatic carbocycles. The molecule has 37 heavy (non-hydrogen) atoms. The van der Waals surface area contributed by atoms with Gasteiger partial charge < -0.3 is 24.9 Å². The van der Waals surface area contributed by atoms with Crippen molar-refractivity contribution in [3.8, 4) is 11.1 Å². The number of anilines is 1. The highest BCUT2D eigenvalue weighted by Crippen LogP contribution is 2.33. The Morgan fingerprint density at radius 1 is 0.973 bits per heavy atom. The van der Waals surface area contributed by atoms with Gasteiger partial charge in [-0.05, 0) is 43.0 Å². The summed E-state index contributed by atoms with van der Waals surface area (Å²) in [7, 11) is 0. The van der Waals surface area contributed by atoms with E-state index in [1.54, 1.807) is 17.1 Å². The SMILES string of the molecule is O=C(NCCOC(=O)N(c1ccccc1-c1ccccc1)N1CC[CH]CC1)c1ccc(CNCCO)o1. The predicted molar refractivity (Wildman–Crippen MR) is 141 cm³/mol. The first-order valence-electron chi connectivity index (χ1n) is 12.5. The monoisotopic (exact) mass is 505 g/mol. The molecule has 9 nitrogen and oxygen atoms in total. The van der Waals surface area contributed by atoms with E-state index in [2.05, 4.69) is 17.1 Å². The van der Waals surface area contributed by atoms with Crippen molar-refractivity contribution < 1.29 is 23.8 Å². The number of piperidine rings is 1. The van der Waals surface area contributed by atoms with Crippen LogP contribution in [-0.2, 0) is 11.3 Å². The van der Waals surface area contributed by atoms with Crippen LogP contribution in [0.15, 0.2) is 71.1 Å². The number of hydrazine groups is 1. The van der Waals surface area contributed by atoms with E-state index >= 15 is 0 Å². The Balaban J connectivity index is 1.38. The maximum atomic E-state index is 13.4. The van der Waals surface area contributed by atoms with Gasteiger partial charge in [0.2, 0.25) is 0 Å². The van der Waals surface area contributed by atoms with Gasteiger partial charge in [-0.3, -0.25) is 4.79 Å². The maximum absolute atomic E-state index is 13.4. The molecule has 0 unspecified atom stereocenters. The highest BCUT2D eigenvalue weighted by molar-refractivity contribution is 5.93. The van der Waals surface area contributed by atoms with Crippen LogP contribution in [0.5, 0.6) is 0 Å². The minimum absolute atomic E-state index is 0.0141. The Morgan fingerprint density at radius 3 is 2.51 bits per heavy atom. The number of benzene rings is 2. The van der Waals surface area contributed by atoms with Crippen LogP contribution in [0.1, 0.15) is 29.2 Å². The number of rotatable bonds is 11. The summed E-state index contributed by atoms with van der Waals surface area (Å²) in [5.41, 5.74) is 2.70. The minimum Gasteiger partial charge on any atom is -0.455 e. The maximum Gasteiger partial charge on any atom is 0.429 e. The second-order valence-electron chi connectivity index (χ2n) is 8.55. The number of ether oxygens (including phenoxy) is 1. The topological polar surface area (TPSA) is 107 Å².